The van der Waals surface area contributed by atoms with Gasteiger partial charge in [-0.15, -0.1) is 0 Å². The summed E-state index contributed by atoms with van der Waals surface area (Å²) in [6.45, 7) is 0.0513. The second-order valence-corrected chi connectivity index (χ2v) is 10.1. The van der Waals surface area contributed by atoms with Crippen molar-refractivity contribution >= 4 is 33.5 Å². The maximum atomic E-state index is 13.4. The van der Waals surface area contributed by atoms with Gasteiger partial charge in [-0.1, -0.05) is 36.4 Å². The van der Waals surface area contributed by atoms with Crippen LogP contribution in [0.1, 0.15) is 43.1 Å². The third kappa shape index (κ3) is 4.08. The van der Waals surface area contributed by atoms with Crippen LogP contribution < -0.4 is 4.31 Å². The third-order valence-corrected chi connectivity index (χ3v) is 7.96. The van der Waals surface area contributed by atoms with Crippen molar-refractivity contribution in [3.8, 4) is 0 Å². The number of hydrogen-bond acceptors (Lipinski definition) is 6. The van der Waals surface area contributed by atoms with Crippen molar-refractivity contribution in [3.63, 3.8) is 0 Å². The molecule has 0 unspecified atom stereocenters. The Labute approximate surface area is 202 Å². The number of hydrogen-bond donors (Lipinski definition) is 0. The molecule has 0 saturated carbocycles. The summed E-state index contributed by atoms with van der Waals surface area (Å²) in [5.74, 6) is -1.61. The fourth-order valence-corrected chi connectivity index (χ4v) is 6.00. The molecule has 0 bridgehead atoms. The molecule has 0 aromatic heterocycles. The smallest absolute Gasteiger partial charge is 0.338 e. The Hall–Kier alpha value is -3.98. The van der Waals surface area contributed by atoms with Crippen molar-refractivity contribution in [2.45, 2.75) is 17.7 Å². The number of para-hydroxylation sites is 1. The Balaban J connectivity index is 1.28. The average Bonchev–Trinajstić information content (AvgIpc) is 3.13. The Morgan fingerprint density at radius 2 is 1.57 bits per heavy atom. The lowest BCUT2D eigenvalue weighted by Crippen LogP contribution is -2.35. The lowest BCUT2D eigenvalue weighted by Gasteiger charge is -2.30. The Morgan fingerprint density at radius 1 is 0.886 bits per heavy atom. The SMILES string of the molecule is O=C(OCCN1C(=O)c2ccccc2C1=O)c1cccc(S(=O)(=O)N2CCCc3ccccc32)c1. The largest absolute Gasteiger partial charge is 0.460 e. The fraction of sp³-hybridized carbons (Fsp3) is 0.192. The van der Waals surface area contributed by atoms with E-state index in [-0.39, 0.29) is 23.6 Å². The van der Waals surface area contributed by atoms with Crippen LogP contribution in [-0.4, -0.2) is 50.8 Å². The zero-order valence-electron chi connectivity index (χ0n) is 18.7. The van der Waals surface area contributed by atoms with Gasteiger partial charge in [-0.05, 0) is 54.8 Å². The first kappa shape index (κ1) is 22.8. The summed E-state index contributed by atoms with van der Waals surface area (Å²) in [5.41, 5.74) is 2.32. The molecule has 3 aromatic carbocycles. The molecule has 2 aliphatic rings. The first-order chi connectivity index (χ1) is 16.9. The predicted molar refractivity (Wildman–Crippen MR) is 128 cm³/mol. The zero-order chi connectivity index (χ0) is 24.6. The summed E-state index contributed by atoms with van der Waals surface area (Å²) in [6.07, 6.45) is 1.51. The number of imide groups is 1. The Morgan fingerprint density at radius 3 is 2.31 bits per heavy atom. The molecule has 9 heteroatoms. The second-order valence-electron chi connectivity index (χ2n) is 8.28. The van der Waals surface area contributed by atoms with E-state index in [4.69, 9.17) is 4.74 Å². The minimum atomic E-state index is -3.88. The van der Waals surface area contributed by atoms with Gasteiger partial charge in [0.1, 0.15) is 6.61 Å². The summed E-state index contributed by atoms with van der Waals surface area (Å²) >= 11 is 0. The van der Waals surface area contributed by atoms with Gasteiger partial charge < -0.3 is 4.74 Å². The van der Waals surface area contributed by atoms with Gasteiger partial charge in [0.15, 0.2) is 0 Å². The number of nitrogens with zero attached hydrogens (tertiary/aromatic N) is 2. The van der Waals surface area contributed by atoms with Crippen LogP contribution in [0.25, 0.3) is 0 Å². The number of esters is 1. The van der Waals surface area contributed by atoms with E-state index in [1.807, 2.05) is 12.1 Å². The highest BCUT2D eigenvalue weighted by Gasteiger charge is 2.35. The van der Waals surface area contributed by atoms with E-state index in [9.17, 15) is 22.8 Å². The lowest BCUT2D eigenvalue weighted by atomic mass is 10.0. The van der Waals surface area contributed by atoms with Crippen LogP contribution >= 0.6 is 0 Å². The molecule has 178 valence electrons. The van der Waals surface area contributed by atoms with Crippen LogP contribution in [0.2, 0.25) is 0 Å². The van der Waals surface area contributed by atoms with Crippen LogP contribution in [-0.2, 0) is 21.2 Å². The van der Waals surface area contributed by atoms with Gasteiger partial charge >= 0.3 is 5.97 Å². The molecule has 0 fully saturated rings. The molecule has 0 saturated heterocycles. The first-order valence-corrected chi connectivity index (χ1v) is 12.6. The van der Waals surface area contributed by atoms with Crippen LogP contribution in [0.15, 0.2) is 77.7 Å². The number of fused-ring (bicyclic) bond motifs is 2. The number of ether oxygens (including phenoxy) is 1. The monoisotopic (exact) mass is 490 g/mol. The van der Waals surface area contributed by atoms with Crippen molar-refractivity contribution in [1.29, 1.82) is 0 Å². The Kier molecular flexibility index (Phi) is 5.86. The van der Waals surface area contributed by atoms with Crippen molar-refractivity contribution in [2.75, 3.05) is 24.0 Å². The number of amides is 2. The topological polar surface area (TPSA) is 101 Å². The van der Waals surface area contributed by atoms with Gasteiger partial charge in [0.25, 0.3) is 21.8 Å². The highest BCUT2D eigenvalue weighted by Crippen LogP contribution is 2.32. The van der Waals surface area contributed by atoms with Gasteiger partial charge in [0.2, 0.25) is 0 Å². The number of anilines is 1. The van der Waals surface area contributed by atoms with E-state index in [0.717, 1.165) is 16.9 Å². The van der Waals surface area contributed by atoms with E-state index in [0.29, 0.717) is 29.8 Å². The maximum Gasteiger partial charge on any atom is 0.338 e. The van der Waals surface area contributed by atoms with E-state index in [1.54, 1.807) is 36.4 Å². The molecule has 0 radical (unpaired) electrons. The summed E-state index contributed by atoms with van der Waals surface area (Å²) in [4.78, 5) is 38.5. The van der Waals surface area contributed by atoms with Gasteiger partial charge in [-0.25, -0.2) is 13.2 Å². The molecule has 5 rings (SSSR count). The van der Waals surface area contributed by atoms with E-state index < -0.39 is 27.8 Å². The number of aryl methyl sites for hydroxylation is 1. The molecule has 0 N–H and O–H groups in total. The van der Waals surface area contributed by atoms with Gasteiger partial charge in [0.05, 0.1) is 33.8 Å². The van der Waals surface area contributed by atoms with E-state index >= 15 is 0 Å². The quantitative estimate of drug-likeness (QED) is 0.388. The summed E-state index contributed by atoms with van der Waals surface area (Å²) in [5, 5.41) is 0. The highest BCUT2D eigenvalue weighted by molar-refractivity contribution is 7.92. The number of sulfonamides is 1. The van der Waals surface area contributed by atoms with Crippen LogP contribution in [0.3, 0.4) is 0 Å². The molecule has 35 heavy (non-hydrogen) atoms. The molecule has 2 aliphatic heterocycles. The number of rotatable bonds is 6. The summed E-state index contributed by atoms with van der Waals surface area (Å²) < 4.78 is 33.4. The van der Waals surface area contributed by atoms with Crippen molar-refractivity contribution < 1.29 is 27.5 Å². The van der Waals surface area contributed by atoms with Crippen molar-refractivity contribution in [3.05, 3.63) is 95.1 Å². The number of carbonyl (C=O) groups excluding carboxylic acids is 3. The predicted octanol–water partition coefficient (Wildman–Crippen LogP) is 3.28. The highest BCUT2D eigenvalue weighted by atomic mass is 32.2. The molecule has 2 heterocycles. The molecule has 2 amide bonds. The van der Waals surface area contributed by atoms with Crippen LogP contribution in [0, 0.1) is 0 Å². The first-order valence-electron chi connectivity index (χ1n) is 11.2. The average molecular weight is 491 g/mol. The molecule has 0 atom stereocenters. The zero-order valence-corrected chi connectivity index (χ0v) is 19.5. The lowest BCUT2D eigenvalue weighted by molar-refractivity contribution is 0.0420. The second kappa shape index (κ2) is 8.99. The Bertz CT molecular complexity index is 1410. The minimum Gasteiger partial charge on any atom is -0.460 e. The minimum absolute atomic E-state index is 0.0102. The van der Waals surface area contributed by atoms with Crippen molar-refractivity contribution in [2.24, 2.45) is 0 Å². The molecule has 0 aliphatic carbocycles. The van der Waals surface area contributed by atoms with Gasteiger partial charge in [-0.2, -0.15) is 0 Å². The summed E-state index contributed by atoms with van der Waals surface area (Å²) in [6, 6.07) is 19.6. The van der Waals surface area contributed by atoms with Crippen LogP contribution in [0.5, 0.6) is 0 Å². The van der Waals surface area contributed by atoms with Crippen molar-refractivity contribution in [1.82, 2.24) is 4.90 Å². The summed E-state index contributed by atoms with van der Waals surface area (Å²) in [7, 11) is -3.88. The maximum absolute atomic E-state index is 13.4. The van der Waals surface area contributed by atoms with Crippen LogP contribution in [0.4, 0.5) is 5.69 Å². The van der Waals surface area contributed by atoms with Gasteiger partial charge in [-0.3, -0.25) is 18.8 Å². The van der Waals surface area contributed by atoms with E-state index in [1.165, 1.54) is 28.6 Å². The van der Waals surface area contributed by atoms with Gasteiger partial charge in [0, 0.05) is 6.54 Å². The number of benzene rings is 3. The molecular formula is C26H22N2O6S. The number of carbonyl (C=O) groups is 3. The fourth-order valence-electron chi connectivity index (χ4n) is 4.41. The normalized spacial score (nSPS) is 15.1. The molecule has 0 spiro atoms. The molecule has 8 nitrogen and oxygen atoms in total. The molecular weight excluding hydrogens is 468 g/mol. The standard InChI is InChI=1S/C26H22N2O6S/c29-24-21-11-2-3-12-22(21)25(30)27(24)15-16-34-26(31)19-8-5-10-20(17-19)35(32,33)28-14-6-9-18-7-1-4-13-23(18)28/h1-5,7-8,10-13,17H,6,9,14-16H2. The van der Waals surface area contributed by atoms with E-state index in [2.05, 4.69) is 0 Å². The third-order valence-electron chi connectivity index (χ3n) is 6.15. The molecule has 3 aromatic rings.